The second-order valence-electron chi connectivity index (χ2n) is 16.7. The van der Waals surface area contributed by atoms with Crippen LogP contribution in [-0.2, 0) is 29.8 Å². The SMILES string of the molecule is Cc1ccccc1CC1(C)C(/C=C/C=C2\N(CCC(C)C)c3ccc4ccccc4c3C2(C)Cc2ccc(C(F)(F)F)cc2)=[N+](C)c2ccc3ccccc3c21. The quantitative estimate of drug-likeness (QED) is 0.134. The van der Waals surface area contributed by atoms with Gasteiger partial charge in [0.15, 0.2) is 5.71 Å². The lowest BCUT2D eigenvalue weighted by atomic mass is 9.72. The highest BCUT2D eigenvalue weighted by molar-refractivity contribution is 6.08. The summed E-state index contributed by atoms with van der Waals surface area (Å²) < 4.78 is 43.3. The molecule has 5 heteroatoms. The van der Waals surface area contributed by atoms with Gasteiger partial charge in [0.05, 0.1) is 11.0 Å². The van der Waals surface area contributed by atoms with Gasteiger partial charge < -0.3 is 4.90 Å². The predicted molar refractivity (Wildman–Crippen MR) is 228 cm³/mol. The highest BCUT2D eigenvalue weighted by Gasteiger charge is 2.48. The maximum absolute atomic E-state index is 13.7. The Labute approximate surface area is 329 Å². The van der Waals surface area contributed by atoms with E-state index in [2.05, 4.69) is 166 Å². The third kappa shape index (κ3) is 6.45. The number of nitrogens with zero attached hydrogens (tertiary/aromatic N) is 2. The lowest BCUT2D eigenvalue weighted by Crippen LogP contribution is -2.33. The molecule has 0 N–H and O–H groups in total. The van der Waals surface area contributed by atoms with E-state index in [0.29, 0.717) is 12.3 Å². The van der Waals surface area contributed by atoms with Gasteiger partial charge in [0.2, 0.25) is 5.69 Å². The number of aryl methyl sites for hydroxylation is 1. The minimum atomic E-state index is -4.38. The molecule has 2 aliphatic heterocycles. The Balaban J connectivity index is 1.29. The van der Waals surface area contributed by atoms with Crippen molar-refractivity contribution in [2.45, 2.75) is 70.9 Å². The largest absolute Gasteiger partial charge is 0.416 e. The Morgan fingerprint density at radius 1 is 0.714 bits per heavy atom. The molecule has 8 rings (SSSR count). The van der Waals surface area contributed by atoms with E-state index in [9.17, 15) is 13.2 Å². The van der Waals surface area contributed by atoms with Crippen molar-refractivity contribution >= 4 is 38.6 Å². The monoisotopic (exact) mass is 747 g/mol. The van der Waals surface area contributed by atoms with Crippen molar-refractivity contribution in [3.63, 3.8) is 0 Å². The normalized spacial score (nSPS) is 20.3. The molecule has 284 valence electrons. The van der Waals surface area contributed by atoms with Crippen LogP contribution in [0.15, 0.2) is 145 Å². The number of rotatable bonds is 9. The van der Waals surface area contributed by atoms with Gasteiger partial charge in [-0.3, -0.25) is 0 Å². The van der Waals surface area contributed by atoms with Gasteiger partial charge in [-0.25, -0.2) is 0 Å². The van der Waals surface area contributed by atoms with Gasteiger partial charge in [0, 0.05) is 41.1 Å². The average molecular weight is 748 g/mol. The van der Waals surface area contributed by atoms with Crippen molar-refractivity contribution in [3.05, 3.63) is 179 Å². The molecule has 0 bridgehead atoms. The van der Waals surface area contributed by atoms with E-state index < -0.39 is 17.2 Å². The number of hydrogen-bond acceptors (Lipinski definition) is 1. The molecular formula is C51H50F3N2+. The average Bonchev–Trinajstić information content (AvgIpc) is 3.54. The van der Waals surface area contributed by atoms with Gasteiger partial charge >= 0.3 is 6.18 Å². The van der Waals surface area contributed by atoms with Crippen LogP contribution >= 0.6 is 0 Å². The molecule has 56 heavy (non-hydrogen) atoms. The van der Waals surface area contributed by atoms with E-state index in [1.165, 1.54) is 67.6 Å². The van der Waals surface area contributed by atoms with Crippen LogP contribution in [0.3, 0.4) is 0 Å². The molecule has 0 aliphatic carbocycles. The highest BCUT2D eigenvalue weighted by atomic mass is 19.4. The smallest absolute Gasteiger partial charge is 0.344 e. The fourth-order valence-electron chi connectivity index (χ4n) is 9.56. The van der Waals surface area contributed by atoms with Gasteiger partial charge in [-0.2, -0.15) is 17.7 Å². The van der Waals surface area contributed by atoms with Crippen LogP contribution in [0.5, 0.6) is 0 Å². The molecule has 0 spiro atoms. The van der Waals surface area contributed by atoms with E-state index in [1.807, 2.05) is 0 Å². The molecule has 0 saturated carbocycles. The summed E-state index contributed by atoms with van der Waals surface area (Å²) >= 11 is 0. The minimum Gasteiger partial charge on any atom is -0.344 e. The first-order chi connectivity index (χ1) is 26.8. The number of alkyl halides is 3. The zero-order valence-electron chi connectivity index (χ0n) is 33.2. The molecule has 0 amide bonds. The highest BCUT2D eigenvalue weighted by Crippen LogP contribution is 2.53. The van der Waals surface area contributed by atoms with E-state index in [-0.39, 0.29) is 5.41 Å². The summed E-state index contributed by atoms with van der Waals surface area (Å²) in [5.74, 6) is 0.496. The lowest BCUT2D eigenvalue weighted by molar-refractivity contribution is -0.401. The Kier molecular flexibility index (Phi) is 9.55. The molecule has 2 atom stereocenters. The first kappa shape index (κ1) is 37.5. The molecule has 2 unspecified atom stereocenters. The van der Waals surface area contributed by atoms with Crippen LogP contribution < -0.4 is 4.90 Å². The molecule has 6 aromatic rings. The van der Waals surface area contributed by atoms with Gasteiger partial charge in [-0.05, 0) is 120 Å². The maximum atomic E-state index is 13.7. The maximum Gasteiger partial charge on any atom is 0.416 e. The van der Waals surface area contributed by atoms with Crippen molar-refractivity contribution < 1.29 is 17.7 Å². The fraction of sp³-hybridized carbons (Fsp3) is 0.275. The molecule has 0 fully saturated rings. The topological polar surface area (TPSA) is 6.25 Å². The summed E-state index contributed by atoms with van der Waals surface area (Å²) in [7, 11) is 2.19. The van der Waals surface area contributed by atoms with Crippen LogP contribution in [0.1, 0.15) is 67.5 Å². The van der Waals surface area contributed by atoms with Crippen LogP contribution in [0.4, 0.5) is 24.5 Å². The Hall–Kier alpha value is -5.42. The lowest BCUT2D eigenvalue weighted by Gasteiger charge is -2.31. The summed E-state index contributed by atoms with van der Waals surface area (Å²) in [5.41, 5.74) is 9.38. The first-order valence-electron chi connectivity index (χ1n) is 19.8. The number of hydrogen-bond donors (Lipinski definition) is 0. The van der Waals surface area contributed by atoms with E-state index in [1.54, 1.807) is 12.1 Å². The fourth-order valence-corrected chi connectivity index (χ4v) is 9.56. The van der Waals surface area contributed by atoms with Gasteiger partial charge in [-0.1, -0.05) is 111 Å². The summed E-state index contributed by atoms with van der Waals surface area (Å²) in [4.78, 5) is 2.48. The number of allylic oxidation sites excluding steroid dienone is 4. The van der Waals surface area contributed by atoms with E-state index in [4.69, 9.17) is 0 Å². The number of anilines is 1. The summed E-state index contributed by atoms with van der Waals surface area (Å²) in [5, 5.41) is 4.85. The molecule has 2 heterocycles. The summed E-state index contributed by atoms with van der Waals surface area (Å²) in [6, 6.07) is 40.6. The van der Waals surface area contributed by atoms with Crippen molar-refractivity contribution in [1.82, 2.24) is 0 Å². The van der Waals surface area contributed by atoms with Crippen molar-refractivity contribution in [1.29, 1.82) is 0 Å². The van der Waals surface area contributed by atoms with Crippen LogP contribution in [-0.4, -0.2) is 23.9 Å². The number of fused-ring (bicyclic) bond motifs is 6. The van der Waals surface area contributed by atoms with Crippen molar-refractivity contribution in [3.8, 4) is 0 Å². The molecule has 0 radical (unpaired) electrons. The third-order valence-electron chi connectivity index (χ3n) is 12.4. The van der Waals surface area contributed by atoms with Gasteiger partial charge in [0.1, 0.15) is 7.05 Å². The van der Waals surface area contributed by atoms with Gasteiger partial charge in [0.25, 0.3) is 0 Å². The number of halogens is 3. The molecule has 6 aromatic carbocycles. The second-order valence-corrected chi connectivity index (χ2v) is 16.7. The molecule has 2 aliphatic rings. The first-order valence-corrected chi connectivity index (χ1v) is 19.8. The van der Waals surface area contributed by atoms with Crippen LogP contribution in [0.2, 0.25) is 0 Å². The van der Waals surface area contributed by atoms with Gasteiger partial charge in [-0.15, -0.1) is 0 Å². The summed E-state index contributed by atoms with van der Waals surface area (Å²) in [6.45, 7) is 12.2. The molecular weight excluding hydrogens is 698 g/mol. The van der Waals surface area contributed by atoms with Crippen molar-refractivity contribution in [2.24, 2.45) is 5.92 Å². The van der Waals surface area contributed by atoms with Crippen LogP contribution in [0, 0.1) is 12.8 Å². The Bertz CT molecular complexity index is 2560. The zero-order chi connectivity index (χ0) is 39.4. The van der Waals surface area contributed by atoms with E-state index in [0.717, 1.165) is 36.0 Å². The molecule has 0 saturated heterocycles. The standard InChI is InChI=1S/C51H50F3N2/c1-34(2)30-31-56-44-29-25-38-16-10-12-19-42(38)48(44)49(4,32-36-22-26-40(27-23-36)51(52,53)54)46(56)21-13-20-45-50(5,33-39-17-8-7-14-35(39)3)47-41-18-11-9-15-37(41)24-28-43(47)55(45)6/h7-29,34H,30-33H2,1-6H3/q+1. The Morgan fingerprint density at radius 2 is 1.34 bits per heavy atom. The number of benzene rings is 6. The minimum absolute atomic E-state index is 0.318. The summed E-state index contributed by atoms with van der Waals surface area (Å²) in [6.07, 6.45) is 4.85. The Morgan fingerprint density at radius 3 is 2.00 bits per heavy atom. The molecule has 0 aromatic heterocycles. The molecule has 2 nitrogen and oxygen atoms in total. The zero-order valence-corrected chi connectivity index (χ0v) is 33.2. The predicted octanol–water partition coefficient (Wildman–Crippen LogP) is 13.1. The van der Waals surface area contributed by atoms with E-state index >= 15 is 0 Å². The van der Waals surface area contributed by atoms with Crippen LogP contribution in [0.25, 0.3) is 21.5 Å². The second kappa shape index (κ2) is 14.3. The third-order valence-corrected chi connectivity index (χ3v) is 12.4. The van der Waals surface area contributed by atoms with Crippen molar-refractivity contribution in [2.75, 3.05) is 18.5 Å².